The summed E-state index contributed by atoms with van der Waals surface area (Å²) >= 11 is 0. The molecule has 2 rings (SSSR count). The van der Waals surface area contributed by atoms with Crippen LogP contribution in [0.4, 0.5) is 0 Å². The molecule has 0 saturated carbocycles. The Labute approximate surface area is 96.9 Å². The lowest BCUT2D eigenvalue weighted by molar-refractivity contribution is -0.133. The van der Waals surface area contributed by atoms with Gasteiger partial charge in [0.1, 0.15) is 0 Å². The highest BCUT2D eigenvalue weighted by Crippen LogP contribution is 2.08. The molecule has 2 aliphatic rings. The summed E-state index contributed by atoms with van der Waals surface area (Å²) in [6, 6.07) is -0.337. The van der Waals surface area contributed by atoms with E-state index in [0.29, 0.717) is 0 Å². The Morgan fingerprint density at radius 1 is 1.19 bits per heavy atom. The number of hydrogen-bond acceptors (Lipinski definition) is 4. The highest BCUT2D eigenvalue weighted by molar-refractivity contribution is 5.82. The van der Waals surface area contributed by atoms with E-state index in [4.69, 9.17) is 5.73 Å². The summed E-state index contributed by atoms with van der Waals surface area (Å²) in [6.45, 7) is 6.30. The van der Waals surface area contributed by atoms with Crippen LogP contribution in [0.25, 0.3) is 0 Å². The number of carbonyl (C=O) groups excluding carboxylic acids is 1. The molecule has 0 radical (unpaired) electrons. The van der Waals surface area contributed by atoms with Crippen LogP contribution in [0.3, 0.4) is 0 Å². The van der Waals surface area contributed by atoms with E-state index >= 15 is 0 Å². The van der Waals surface area contributed by atoms with Gasteiger partial charge in [-0.15, -0.1) is 0 Å². The van der Waals surface area contributed by atoms with Gasteiger partial charge in [-0.3, -0.25) is 4.79 Å². The molecule has 0 spiro atoms. The van der Waals surface area contributed by atoms with Crippen molar-refractivity contribution >= 4 is 5.91 Å². The minimum Gasteiger partial charge on any atom is -0.339 e. The first-order valence-electron chi connectivity index (χ1n) is 6.25. The van der Waals surface area contributed by atoms with Crippen LogP contribution in [0.2, 0.25) is 0 Å². The zero-order chi connectivity index (χ0) is 11.4. The van der Waals surface area contributed by atoms with E-state index in [1.165, 1.54) is 12.8 Å². The second kappa shape index (κ2) is 5.61. The molecule has 2 heterocycles. The summed E-state index contributed by atoms with van der Waals surface area (Å²) in [4.78, 5) is 16.2. The van der Waals surface area contributed by atoms with Gasteiger partial charge in [0.25, 0.3) is 0 Å². The predicted octanol–water partition coefficient (Wildman–Crippen LogP) is -1.16. The first-order valence-corrected chi connectivity index (χ1v) is 6.25. The fraction of sp³-hybridized carbons (Fsp3) is 0.909. The van der Waals surface area contributed by atoms with Crippen LogP contribution < -0.4 is 11.1 Å². The number of nitrogens with one attached hydrogen (secondary N) is 1. The third-order valence-electron chi connectivity index (χ3n) is 3.40. The normalized spacial score (nSPS) is 24.7. The van der Waals surface area contributed by atoms with E-state index in [1.54, 1.807) is 0 Å². The molecule has 16 heavy (non-hydrogen) atoms. The summed E-state index contributed by atoms with van der Waals surface area (Å²) in [5.74, 6) is 0.119. The Balaban J connectivity index is 1.78. The lowest BCUT2D eigenvalue weighted by Gasteiger charge is -2.30. The van der Waals surface area contributed by atoms with Crippen molar-refractivity contribution < 1.29 is 4.79 Å². The lowest BCUT2D eigenvalue weighted by atomic mass is 10.2. The maximum absolute atomic E-state index is 12.0. The first kappa shape index (κ1) is 11.8. The van der Waals surface area contributed by atoms with Crippen LogP contribution in [0, 0.1) is 0 Å². The summed E-state index contributed by atoms with van der Waals surface area (Å²) in [7, 11) is 0. The minimum atomic E-state index is -0.337. The van der Waals surface area contributed by atoms with Gasteiger partial charge in [-0.2, -0.15) is 0 Å². The van der Waals surface area contributed by atoms with Crippen molar-refractivity contribution in [2.24, 2.45) is 5.73 Å². The van der Waals surface area contributed by atoms with Crippen LogP contribution in [-0.2, 0) is 4.79 Å². The number of rotatable bonds is 3. The molecule has 0 bridgehead atoms. The maximum atomic E-state index is 12.0. The van der Waals surface area contributed by atoms with Gasteiger partial charge in [-0.05, 0) is 25.9 Å². The van der Waals surface area contributed by atoms with Crippen LogP contribution in [0.1, 0.15) is 12.8 Å². The number of hydrogen-bond donors (Lipinski definition) is 2. The average Bonchev–Trinajstić information content (AvgIpc) is 2.82. The molecule has 2 saturated heterocycles. The van der Waals surface area contributed by atoms with Crippen molar-refractivity contribution in [1.82, 2.24) is 15.1 Å². The molecule has 0 aromatic carbocycles. The Bertz CT molecular complexity index is 234. The fourth-order valence-corrected chi connectivity index (χ4v) is 2.44. The highest BCUT2D eigenvalue weighted by Gasteiger charge is 2.25. The quantitative estimate of drug-likeness (QED) is 0.637. The summed E-state index contributed by atoms with van der Waals surface area (Å²) < 4.78 is 0. The summed E-state index contributed by atoms with van der Waals surface area (Å²) in [5.41, 5.74) is 5.97. The van der Waals surface area contributed by atoms with Gasteiger partial charge in [0.15, 0.2) is 0 Å². The van der Waals surface area contributed by atoms with E-state index in [9.17, 15) is 4.79 Å². The van der Waals surface area contributed by atoms with Crippen molar-refractivity contribution in [3.8, 4) is 0 Å². The third kappa shape index (κ3) is 2.93. The molecule has 2 fully saturated rings. The number of nitrogens with zero attached hydrogens (tertiary/aromatic N) is 2. The van der Waals surface area contributed by atoms with Crippen LogP contribution in [0.15, 0.2) is 0 Å². The van der Waals surface area contributed by atoms with E-state index in [-0.39, 0.29) is 11.9 Å². The highest BCUT2D eigenvalue weighted by atomic mass is 16.2. The van der Waals surface area contributed by atoms with Crippen molar-refractivity contribution in [2.75, 3.05) is 45.8 Å². The molecule has 2 aliphatic heterocycles. The Kier molecular flexibility index (Phi) is 4.15. The van der Waals surface area contributed by atoms with Gasteiger partial charge in [0.05, 0.1) is 6.04 Å². The third-order valence-corrected chi connectivity index (χ3v) is 3.40. The van der Waals surface area contributed by atoms with E-state index in [1.807, 2.05) is 4.90 Å². The molecule has 5 nitrogen and oxygen atoms in total. The van der Waals surface area contributed by atoms with Gasteiger partial charge in [0.2, 0.25) is 5.91 Å². The zero-order valence-electron chi connectivity index (χ0n) is 9.82. The molecule has 0 aromatic rings. The van der Waals surface area contributed by atoms with Crippen molar-refractivity contribution in [3.63, 3.8) is 0 Å². The van der Waals surface area contributed by atoms with Gasteiger partial charge in [-0.25, -0.2) is 0 Å². The van der Waals surface area contributed by atoms with Gasteiger partial charge in [-0.1, -0.05) is 0 Å². The molecule has 0 aliphatic carbocycles. The molecule has 1 unspecified atom stereocenters. The molecular formula is C11H22N4O. The Morgan fingerprint density at radius 2 is 1.81 bits per heavy atom. The number of piperazine rings is 1. The molecular weight excluding hydrogens is 204 g/mol. The Hall–Kier alpha value is -0.650. The topological polar surface area (TPSA) is 61.6 Å². The van der Waals surface area contributed by atoms with Crippen LogP contribution in [-0.4, -0.2) is 67.6 Å². The molecule has 92 valence electrons. The van der Waals surface area contributed by atoms with Crippen molar-refractivity contribution in [3.05, 3.63) is 0 Å². The monoisotopic (exact) mass is 226 g/mol. The first-order chi connectivity index (χ1) is 7.77. The second-order valence-electron chi connectivity index (χ2n) is 4.69. The zero-order valence-corrected chi connectivity index (χ0v) is 9.82. The van der Waals surface area contributed by atoms with Crippen molar-refractivity contribution in [2.45, 2.75) is 18.9 Å². The summed E-state index contributed by atoms with van der Waals surface area (Å²) in [5, 5.41) is 3.24. The molecule has 5 heteroatoms. The summed E-state index contributed by atoms with van der Waals surface area (Å²) in [6.07, 6.45) is 2.49. The lowest BCUT2D eigenvalue weighted by Crippen LogP contribution is -2.54. The largest absolute Gasteiger partial charge is 0.339 e. The molecule has 1 atom stereocenters. The van der Waals surface area contributed by atoms with E-state index in [0.717, 1.165) is 45.8 Å². The standard InChI is InChI=1S/C11H22N4O/c12-10(9-14-5-1-2-6-14)11(16)15-7-3-13-4-8-15/h10,13H,1-9,12H2. The van der Waals surface area contributed by atoms with Gasteiger partial charge < -0.3 is 20.9 Å². The number of likely N-dealkylation sites (tertiary alicyclic amines) is 1. The van der Waals surface area contributed by atoms with E-state index < -0.39 is 0 Å². The Morgan fingerprint density at radius 3 is 2.44 bits per heavy atom. The van der Waals surface area contributed by atoms with Gasteiger partial charge >= 0.3 is 0 Å². The van der Waals surface area contributed by atoms with Crippen LogP contribution in [0.5, 0.6) is 0 Å². The average molecular weight is 226 g/mol. The van der Waals surface area contributed by atoms with Crippen molar-refractivity contribution in [1.29, 1.82) is 0 Å². The molecule has 3 N–H and O–H groups in total. The van der Waals surface area contributed by atoms with Gasteiger partial charge in [0, 0.05) is 32.7 Å². The van der Waals surface area contributed by atoms with E-state index in [2.05, 4.69) is 10.2 Å². The number of nitrogens with two attached hydrogens (primary N) is 1. The second-order valence-corrected chi connectivity index (χ2v) is 4.69. The SMILES string of the molecule is NC(CN1CCCC1)C(=O)N1CCNCC1. The number of amides is 1. The molecule has 1 amide bonds. The minimum absolute atomic E-state index is 0.119. The molecule has 0 aromatic heterocycles. The fourth-order valence-electron chi connectivity index (χ4n) is 2.44. The smallest absolute Gasteiger partial charge is 0.240 e. The number of carbonyl (C=O) groups is 1. The van der Waals surface area contributed by atoms with Crippen LogP contribution >= 0.6 is 0 Å². The maximum Gasteiger partial charge on any atom is 0.240 e. The predicted molar refractivity (Wildman–Crippen MR) is 63.1 cm³/mol.